The Hall–Kier alpha value is -0.240. The first kappa shape index (κ1) is 16.2. The summed E-state index contributed by atoms with van der Waals surface area (Å²) in [7, 11) is 0. The van der Waals surface area contributed by atoms with Gasteiger partial charge in [-0.3, -0.25) is 0 Å². The molecule has 2 atom stereocenters. The van der Waals surface area contributed by atoms with Crippen LogP contribution in [0.1, 0.15) is 6.92 Å². The monoisotopic (exact) mass is 211 g/mol. The molecule has 0 aliphatic heterocycles. The van der Waals surface area contributed by atoms with E-state index >= 15 is 0 Å². The predicted molar refractivity (Wildman–Crippen MR) is 51.8 cm³/mol. The second kappa shape index (κ2) is 12.8. The molecule has 14 heavy (non-hydrogen) atoms. The zero-order valence-corrected chi connectivity index (χ0v) is 8.43. The van der Waals surface area contributed by atoms with E-state index in [1.165, 1.54) is 0 Å². The summed E-state index contributed by atoms with van der Waals surface area (Å²) >= 11 is 0. The quantitative estimate of drug-likeness (QED) is 0.285. The van der Waals surface area contributed by atoms with Crippen LogP contribution < -0.4 is 5.32 Å². The van der Waals surface area contributed by atoms with Gasteiger partial charge in [-0.25, -0.2) is 0 Å². The lowest BCUT2D eigenvalue weighted by Crippen LogP contribution is -2.35. The molecule has 0 aliphatic rings. The van der Waals surface area contributed by atoms with Crippen molar-refractivity contribution in [3.63, 3.8) is 0 Å². The first-order valence-electron chi connectivity index (χ1n) is 4.51. The molecule has 0 saturated heterocycles. The summed E-state index contributed by atoms with van der Waals surface area (Å²) < 4.78 is 0. The molecule has 0 aromatic heterocycles. The SMILES string of the molecule is CCO.OCC(O)CNCC(O)CO. The number of rotatable bonds is 6. The van der Waals surface area contributed by atoms with Crippen LogP contribution in [0.4, 0.5) is 0 Å². The Morgan fingerprint density at radius 3 is 1.43 bits per heavy atom. The molecular weight excluding hydrogens is 190 g/mol. The molecule has 0 fully saturated rings. The van der Waals surface area contributed by atoms with Gasteiger partial charge >= 0.3 is 0 Å². The van der Waals surface area contributed by atoms with Crippen LogP contribution in [-0.4, -0.2) is 70.7 Å². The van der Waals surface area contributed by atoms with E-state index in [4.69, 9.17) is 25.5 Å². The second-order valence-corrected chi connectivity index (χ2v) is 2.65. The van der Waals surface area contributed by atoms with Gasteiger partial charge in [0.05, 0.1) is 25.4 Å². The van der Waals surface area contributed by atoms with Gasteiger partial charge in [0, 0.05) is 19.7 Å². The van der Waals surface area contributed by atoms with E-state index in [2.05, 4.69) is 5.32 Å². The summed E-state index contributed by atoms with van der Waals surface area (Å²) in [5, 5.41) is 44.5. The third-order valence-electron chi connectivity index (χ3n) is 1.18. The van der Waals surface area contributed by atoms with E-state index in [0.717, 1.165) is 0 Å². The summed E-state index contributed by atoms with van der Waals surface area (Å²) in [6.07, 6.45) is -1.61. The average molecular weight is 211 g/mol. The third-order valence-corrected chi connectivity index (χ3v) is 1.18. The van der Waals surface area contributed by atoms with Crippen LogP contribution >= 0.6 is 0 Å². The minimum atomic E-state index is -0.805. The molecule has 0 heterocycles. The molecule has 0 bridgehead atoms. The smallest absolute Gasteiger partial charge is 0.0894 e. The molecular formula is C8H21NO5. The Morgan fingerprint density at radius 2 is 1.21 bits per heavy atom. The van der Waals surface area contributed by atoms with Crippen molar-refractivity contribution in [1.82, 2.24) is 5.32 Å². The van der Waals surface area contributed by atoms with Crippen LogP contribution in [0.5, 0.6) is 0 Å². The summed E-state index contributed by atoms with van der Waals surface area (Å²) in [5.41, 5.74) is 0. The lowest BCUT2D eigenvalue weighted by atomic mass is 10.3. The summed E-state index contributed by atoms with van der Waals surface area (Å²) in [6.45, 7) is 1.76. The van der Waals surface area contributed by atoms with E-state index in [0.29, 0.717) is 0 Å². The zero-order chi connectivity index (χ0) is 11.4. The van der Waals surface area contributed by atoms with Gasteiger partial charge in [-0.2, -0.15) is 0 Å². The Balaban J connectivity index is 0. The first-order valence-corrected chi connectivity index (χ1v) is 4.51. The number of nitrogens with one attached hydrogen (secondary N) is 1. The zero-order valence-electron chi connectivity index (χ0n) is 8.43. The maximum atomic E-state index is 8.79. The standard InChI is InChI=1S/C6H15NO4.C2H6O/c8-3-5(10)1-7-2-6(11)4-9;1-2-3/h5-11H,1-4H2;3H,2H2,1H3. The Bertz CT molecular complexity index is 93.7. The molecule has 0 saturated carbocycles. The largest absolute Gasteiger partial charge is 0.397 e. The van der Waals surface area contributed by atoms with Gasteiger partial charge < -0.3 is 30.8 Å². The lowest BCUT2D eigenvalue weighted by molar-refractivity contribution is 0.0747. The van der Waals surface area contributed by atoms with Gasteiger partial charge in [0.2, 0.25) is 0 Å². The molecule has 88 valence electrons. The van der Waals surface area contributed by atoms with E-state index in [1.807, 2.05) is 0 Å². The molecule has 6 nitrogen and oxygen atoms in total. The van der Waals surface area contributed by atoms with Crippen LogP contribution in [0.15, 0.2) is 0 Å². The van der Waals surface area contributed by atoms with Gasteiger partial charge in [-0.15, -0.1) is 0 Å². The highest BCUT2D eigenvalue weighted by Crippen LogP contribution is 1.79. The van der Waals surface area contributed by atoms with Crippen molar-refractivity contribution in [3.05, 3.63) is 0 Å². The van der Waals surface area contributed by atoms with Gasteiger partial charge in [0.15, 0.2) is 0 Å². The highest BCUT2D eigenvalue weighted by atomic mass is 16.3. The van der Waals surface area contributed by atoms with Crippen molar-refractivity contribution in [1.29, 1.82) is 0 Å². The molecule has 0 amide bonds. The van der Waals surface area contributed by atoms with Crippen molar-refractivity contribution in [2.75, 3.05) is 32.9 Å². The van der Waals surface area contributed by atoms with E-state index in [9.17, 15) is 0 Å². The van der Waals surface area contributed by atoms with E-state index in [-0.39, 0.29) is 32.9 Å². The van der Waals surface area contributed by atoms with Crippen LogP contribution in [0, 0.1) is 0 Å². The molecule has 6 heteroatoms. The van der Waals surface area contributed by atoms with Crippen LogP contribution in [0.2, 0.25) is 0 Å². The molecule has 2 unspecified atom stereocenters. The molecule has 0 spiro atoms. The van der Waals surface area contributed by atoms with E-state index < -0.39 is 12.2 Å². The minimum absolute atomic E-state index is 0.216. The maximum Gasteiger partial charge on any atom is 0.0894 e. The fourth-order valence-corrected chi connectivity index (χ4v) is 0.546. The third kappa shape index (κ3) is 14.3. The van der Waals surface area contributed by atoms with Gasteiger partial charge in [-0.05, 0) is 6.92 Å². The number of hydrogen-bond acceptors (Lipinski definition) is 6. The fourth-order valence-electron chi connectivity index (χ4n) is 0.546. The van der Waals surface area contributed by atoms with E-state index in [1.54, 1.807) is 6.92 Å². The maximum absolute atomic E-state index is 8.79. The van der Waals surface area contributed by atoms with Crippen molar-refractivity contribution < 1.29 is 25.5 Å². The van der Waals surface area contributed by atoms with Gasteiger partial charge in [0.1, 0.15) is 0 Å². The second-order valence-electron chi connectivity index (χ2n) is 2.65. The summed E-state index contributed by atoms with van der Waals surface area (Å²) in [5.74, 6) is 0. The minimum Gasteiger partial charge on any atom is -0.397 e. The van der Waals surface area contributed by atoms with Crippen LogP contribution in [0.3, 0.4) is 0 Å². The highest BCUT2D eigenvalue weighted by Gasteiger charge is 2.03. The Morgan fingerprint density at radius 1 is 0.929 bits per heavy atom. The lowest BCUT2D eigenvalue weighted by Gasteiger charge is -2.10. The van der Waals surface area contributed by atoms with Crippen LogP contribution in [0.25, 0.3) is 0 Å². The summed E-state index contributed by atoms with van der Waals surface area (Å²) in [6, 6.07) is 0. The highest BCUT2D eigenvalue weighted by molar-refractivity contribution is 4.61. The van der Waals surface area contributed by atoms with Crippen molar-refractivity contribution in [3.8, 4) is 0 Å². The molecule has 0 rings (SSSR count). The Labute approximate surface area is 83.8 Å². The topological polar surface area (TPSA) is 113 Å². The number of hydrogen-bond donors (Lipinski definition) is 6. The van der Waals surface area contributed by atoms with Crippen molar-refractivity contribution in [2.45, 2.75) is 19.1 Å². The molecule has 0 radical (unpaired) electrons. The van der Waals surface area contributed by atoms with Gasteiger partial charge in [-0.1, -0.05) is 0 Å². The van der Waals surface area contributed by atoms with Crippen molar-refractivity contribution in [2.24, 2.45) is 0 Å². The Kier molecular flexibility index (Phi) is 14.8. The summed E-state index contributed by atoms with van der Waals surface area (Å²) in [4.78, 5) is 0. The molecule has 0 aromatic rings. The van der Waals surface area contributed by atoms with Crippen molar-refractivity contribution >= 4 is 0 Å². The fraction of sp³-hybridized carbons (Fsp3) is 1.00. The number of aliphatic hydroxyl groups is 5. The normalized spacial score (nSPS) is 14.1. The molecule has 6 N–H and O–H groups in total. The first-order chi connectivity index (χ1) is 6.62. The predicted octanol–water partition coefficient (Wildman–Crippen LogP) is -2.72. The molecule has 0 aromatic carbocycles. The average Bonchev–Trinajstić information content (AvgIpc) is 2.18. The van der Waals surface area contributed by atoms with Crippen LogP contribution in [-0.2, 0) is 0 Å². The van der Waals surface area contributed by atoms with Gasteiger partial charge in [0.25, 0.3) is 0 Å². The number of aliphatic hydroxyl groups excluding tert-OH is 5. The molecule has 0 aliphatic carbocycles.